The minimum Gasteiger partial charge on any atom is -1.00 e. The van der Waals surface area contributed by atoms with Crippen molar-refractivity contribution in [1.82, 2.24) is 0 Å². The van der Waals surface area contributed by atoms with Crippen LogP contribution in [0, 0.1) is 0 Å². The molecule has 3 heteroatoms. The molecule has 0 spiro atoms. The summed E-state index contributed by atoms with van der Waals surface area (Å²) in [5.74, 6) is 0. The molecule has 2 rings (SSSR count). The fraction of sp³-hybridized carbons (Fsp3) is 0.500. The molecule has 0 fully saturated rings. The molecule has 0 aromatic heterocycles. The van der Waals surface area contributed by atoms with E-state index in [1.807, 2.05) is 0 Å². The summed E-state index contributed by atoms with van der Waals surface area (Å²) in [5, 5.41) is 0. The van der Waals surface area contributed by atoms with Gasteiger partial charge in [0.1, 0.15) is 0 Å². The molecule has 0 saturated carbocycles. The Morgan fingerprint density at radius 2 is 1.21 bits per heavy atom. The number of halogens is 2. The fourth-order valence-corrected chi connectivity index (χ4v) is 5.40. The van der Waals surface area contributed by atoms with Gasteiger partial charge in [-0.2, -0.15) is 0 Å². The van der Waals surface area contributed by atoms with E-state index < -0.39 is 0 Å². The zero-order chi connectivity index (χ0) is 12.4. The average Bonchev–Trinajstić information content (AvgIpc) is 2.85. The molecule has 104 valence electrons. The molecule has 0 aromatic carbocycles. The van der Waals surface area contributed by atoms with E-state index in [0.717, 1.165) is 0 Å². The first-order valence-corrected chi connectivity index (χ1v) is 8.28. The van der Waals surface area contributed by atoms with Gasteiger partial charge in [0.25, 0.3) is 0 Å². The maximum Gasteiger partial charge on any atom is -1.00 e. The van der Waals surface area contributed by atoms with E-state index in [-0.39, 0.29) is 44.0 Å². The average molecular weight is 333 g/mol. The molecule has 0 atom stereocenters. The van der Waals surface area contributed by atoms with Crippen LogP contribution >= 0.6 is 0 Å². The van der Waals surface area contributed by atoms with Crippen molar-refractivity contribution in [2.45, 2.75) is 53.4 Å². The van der Waals surface area contributed by atoms with Gasteiger partial charge in [-0.1, -0.05) is 0 Å². The quantitative estimate of drug-likeness (QED) is 0.586. The third-order valence-corrected chi connectivity index (χ3v) is 6.93. The molecule has 0 bridgehead atoms. The van der Waals surface area contributed by atoms with Crippen LogP contribution in [0.15, 0.2) is 42.2 Å². The molecule has 0 aliphatic heterocycles. The normalized spacial score (nSPS) is 17.7. The number of hydrogen-bond donors (Lipinski definition) is 0. The summed E-state index contributed by atoms with van der Waals surface area (Å²) in [6.45, 7) is 9.25. The van der Waals surface area contributed by atoms with E-state index in [1.54, 1.807) is 30.0 Å². The first-order valence-electron chi connectivity index (χ1n) is 6.72. The molecule has 0 radical (unpaired) electrons. The van der Waals surface area contributed by atoms with Crippen LogP contribution in [0.5, 0.6) is 0 Å². The van der Waals surface area contributed by atoms with Gasteiger partial charge >= 0.3 is 115 Å². The molecule has 0 saturated heterocycles. The Balaban J connectivity index is 0.00000162. The molecular weight excluding hydrogens is 311 g/mol. The Morgan fingerprint density at radius 1 is 0.842 bits per heavy atom. The number of rotatable bonds is 4. The predicted octanol–water partition coefficient (Wildman–Crippen LogP) is -0.895. The van der Waals surface area contributed by atoms with Crippen LogP contribution in [0.2, 0.25) is 0 Å². The van der Waals surface area contributed by atoms with Crippen molar-refractivity contribution in [3.8, 4) is 0 Å². The molecule has 2 aliphatic rings. The zero-order valence-electron chi connectivity index (χ0n) is 12.2. The Labute approximate surface area is 139 Å². The topological polar surface area (TPSA) is 0 Å². The summed E-state index contributed by atoms with van der Waals surface area (Å²) in [7, 11) is 0. The van der Waals surface area contributed by atoms with Gasteiger partial charge in [0.15, 0.2) is 0 Å². The van der Waals surface area contributed by atoms with Gasteiger partial charge in [-0.15, -0.1) is 0 Å². The minimum atomic E-state index is -0.0846. The van der Waals surface area contributed by atoms with E-state index in [1.165, 1.54) is 25.7 Å². The van der Waals surface area contributed by atoms with Crippen molar-refractivity contribution in [3.05, 3.63) is 42.2 Å². The van der Waals surface area contributed by atoms with Gasteiger partial charge in [-0.25, -0.2) is 0 Å². The Hall–Kier alpha value is 0.254. The SMILES string of the molecule is CCC1=CCC(C)=[C]1[Ti+2][C]1=C(C)CC=C1CC.[Cl-].[Cl-]. The summed E-state index contributed by atoms with van der Waals surface area (Å²) >= 11 is -0.0846. The van der Waals surface area contributed by atoms with Crippen LogP contribution in [0.25, 0.3) is 0 Å². The summed E-state index contributed by atoms with van der Waals surface area (Å²) in [5.41, 5.74) is 6.57. The summed E-state index contributed by atoms with van der Waals surface area (Å²) in [6, 6.07) is 0. The molecule has 2 aliphatic carbocycles. The molecule has 0 N–H and O–H groups in total. The molecule has 0 unspecified atom stereocenters. The van der Waals surface area contributed by atoms with E-state index in [9.17, 15) is 0 Å². The fourth-order valence-electron chi connectivity index (χ4n) is 2.65. The summed E-state index contributed by atoms with van der Waals surface area (Å²) in [4.78, 5) is 0. The molecule has 0 nitrogen and oxygen atoms in total. The zero-order valence-corrected chi connectivity index (χ0v) is 15.3. The van der Waals surface area contributed by atoms with Crippen molar-refractivity contribution >= 4 is 0 Å². The van der Waals surface area contributed by atoms with E-state index in [4.69, 9.17) is 0 Å². The van der Waals surface area contributed by atoms with Crippen LogP contribution < -0.4 is 24.8 Å². The van der Waals surface area contributed by atoms with Crippen LogP contribution in [0.3, 0.4) is 0 Å². The predicted molar refractivity (Wildman–Crippen MR) is 71.4 cm³/mol. The monoisotopic (exact) mass is 332 g/mol. The summed E-state index contributed by atoms with van der Waals surface area (Å²) in [6.07, 6.45) is 9.75. The van der Waals surface area contributed by atoms with Crippen molar-refractivity contribution in [2.24, 2.45) is 0 Å². The van der Waals surface area contributed by atoms with Gasteiger partial charge in [0, 0.05) is 0 Å². The first kappa shape index (κ1) is 19.3. The smallest absolute Gasteiger partial charge is 1.00 e. The van der Waals surface area contributed by atoms with Crippen molar-refractivity contribution in [1.29, 1.82) is 0 Å². The Bertz CT molecular complexity index is 411. The molecular formula is C16H22Cl2Ti. The van der Waals surface area contributed by atoms with Gasteiger partial charge in [0.05, 0.1) is 0 Å². The van der Waals surface area contributed by atoms with Crippen LogP contribution in [-0.2, 0) is 19.2 Å². The maximum atomic E-state index is 2.45. The third kappa shape index (κ3) is 4.11. The molecule has 0 amide bonds. The van der Waals surface area contributed by atoms with E-state index in [0.29, 0.717) is 0 Å². The van der Waals surface area contributed by atoms with Crippen molar-refractivity contribution < 1.29 is 44.0 Å². The van der Waals surface area contributed by atoms with Gasteiger partial charge in [0.2, 0.25) is 0 Å². The van der Waals surface area contributed by atoms with Gasteiger partial charge in [-0.3, -0.25) is 0 Å². The second-order valence-corrected chi connectivity index (χ2v) is 6.96. The molecule has 19 heavy (non-hydrogen) atoms. The second kappa shape index (κ2) is 8.52. The molecule has 0 heterocycles. The van der Waals surface area contributed by atoms with E-state index in [2.05, 4.69) is 39.8 Å². The standard InChI is InChI=1S/2C8H11.2ClH.Ti/c2*1-3-8-5-4-7(2)6-8;;;/h2*5H,3-4H2,1-2H3;2*1H;/q;;;;+2/p-2. The molecule has 0 aromatic rings. The van der Waals surface area contributed by atoms with Crippen molar-refractivity contribution in [3.63, 3.8) is 0 Å². The van der Waals surface area contributed by atoms with Crippen LogP contribution in [0.4, 0.5) is 0 Å². The van der Waals surface area contributed by atoms with E-state index >= 15 is 0 Å². The second-order valence-electron chi connectivity index (χ2n) is 5.01. The first-order chi connectivity index (χ1) is 8.17. The van der Waals surface area contributed by atoms with Crippen molar-refractivity contribution in [2.75, 3.05) is 0 Å². The number of allylic oxidation sites excluding steroid dienone is 8. The largest absolute Gasteiger partial charge is 1.00 e. The number of hydrogen-bond acceptors (Lipinski definition) is 0. The van der Waals surface area contributed by atoms with Crippen LogP contribution in [-0.4, -0.2) is 0 Å². The Morgan fingerprint density at radius 3 is 1.53 bits per heavy atom. The van der Waals surface area contributed by atoms with Crippen LogP contribution in [0.1, 0.15) is 53.4 Å². The van der Waals surface area contributed by atoms with Gasteiger partial charge in [-0.05, 0) is 0 Å². The van der Waals surface area contributed by atoms with Gasteiger partial charge < -0.3 is 24.8 Å². The summed E-state index contributed by atoms with van der Waals surface area (Å²) < 4.78 is 3.51. The maximum absolute atomic E-state index is 2.45. The Kier molecular flexibility index (Phi) is 8.64. The minimum absolute atomic E-state index is 0. The third-order valence-electron chi connectivity index (χ3n) is 3.82.